The quantitative estimate of drug-likeness (QED) is 0.456. The zero-order valence-electron chi connectivity index (χ0n) is 19.3. The number of benzene rings is 1. The maximum Gasteiger partial charge on any atom is 0.305 e. The molecular formula is C26H32N4O3. The third kappa shape index (κ3) is 5.35. The molecular weight excluding hydrogens is 416 g/mol. The van der Waals surface area contributed by atoms with E-state index in [0.717, 1.165) is 29.1 Å². The molecule has 2 aromatic heterocycles. The summed E-state index contributed by atoms with van der Waals surface area (Å²) in [6, 6.07) is 10.9. The van der Waals surface area contributed by atoms with E-state index in [9.17, 15) is 14.7 Å². The molecule has 3 aromatic rings. The third-order valence-electron chi connectivity index (χ3n) is 6.41. The molecule has 1 aliphatic rings. The number of hydrogen-bond acceptors (Lipinski definition) is 4. The van der Waals surface area contributed by atoms with Crippen LogP contribution in [0.5, 0.6) is 0 Å². The number of imidazole rings is 1. The van der Waals surface area contributed by atoms with E-state index in [1.165, 1.54) is 32.1 Å². The second-order valence-electron chi connectivity index (χ2n) is 8.92. The van der Waals surface area contributed by atoms with Crippen molar-refractivity contribution in [1.82, 2.24) is 14.7 Å². The molecule has 1 saturated carbocycles. The van der Waals surface area contributed by atoms with Crippen LogP contribution in [-0.4, -0.2) is 32.4 Å². The van der Waals surface area contributed by atoms with Crippen LogP contribution in [-0.2, 0) is 11.2 Å². The lowest BCUT2D eigenvalue weighted by Crippen LogP contribution is -2.30. The highest BCUT2D eigenvalue weighted by Crippen LogP contribution is 2.26. The van der Waals surface area contributed by atoms with Gasteiger partial charge in [-0.15, -0.1) is 0 Å². The van der Waals surface area contributed by atoms with Crippen molar-refractivity contribution in [3.8, 4) is 0 Å². The number of nitrogens with one attached hydrogen (secondary N) is 2. The van der Waals surface area contributed by atoms with E-state index in [1.54, 1.807) is 12.1 Å². The smallest absolute Gasteiger partial charge is 0.305 e. The maximum atomic E-state index is 13.0. The molecule has 1 amide bonds. The van der Waals surface area contributed by atoms with Gasteiger partial charge in [-0.2, -0.15) is 0 Å². The Balaban J connectivity index is 1.57. The molecule has 174 valence electrons. The number of fused-ring (bicyclic) bond motifs is 1. The van der Waals surface area contributed by atoms with Crippen LogP contribution in [0.4, 0.5) is 5.82 Å². The Morgan fingerprint density at radius 3 is 2.55 bits per heavy atom. The van der Waals surface area contributed by atoms with Crippen molar-refractivity contribution in [3.63, 3.8) is 0 Å². The molecule has 1 unspecified atom stereocenters. The summed E-state index contributed by atoms with van der Waals surface area (Å²) in [7, 11) is 0. The van der Waals surface area contributed by atoms with Gasteiger partial charge in [-0.25, -0.2) is 4.98 Å². The van der Waals surface area contributed by atoms with Crippen molar-refractivity contribution < 1.29 is 14.7 Å². The predicted octanol–water partition coefficient (Wildman–Crippen LogP) is 4.90. The number of carbonyl (C=O) groups excluding carboxylic acids is 1. The average molecular weight is 449 g/mol. The van der Waals surface area contributed by atoms with Crippen LogP contribution in [0.25, 0.3) is 5.65 Å². The fourth-order valence-corrected chi connectivity index (χ4v) is 4.54. The second-order valence-corrected chi connectivity index (χ2v) is 8.92. The lowest BCUT2D eigenvalue weighted by molar-refractivity contribution is -0.137. The number of carboxylic acid groups (broad SMARTS) is 1. The number of rotatable bonds is 8. The Bertz CT molecular complexity index is 1130. The molecule has 7 heteroatoms. The van der Waals surface area contributed by atoms with Gasteiger partial charge in [0.1, 0.15) is 11.5 Å². The summed E-state index contributed by atoms with van der Waals surface area (Å²) in [6.07, 6.45) is 8.62. The monoisotopic (exact) mass is 448 g/mol. The number of amides is 1. The number of hydrogen-bond donors (Lipinski definition) is 3. The van der Waals surface area contributed by atoms with Crippen LogP contribution in [0.2, 0.25) is 0 Å². The number of aryl methyl sites for hydroxylation is 2. The molecule has 0 bridgehead atoms. The van der Waals surface area contributed by atoms with Gasteiger partial charge in [-0.3, -0.25) is 14.0 Å². The highest BCUT2D eigenvalue weighted by molar-refractivity contribution is 5.95. The summed E-state index contributed by atoms with van der Waals surface area (Å²) >= 11 is 0. The highest BCUT2D eigenvalue weighted by Gasteiger charge is 2.21. The molecule has 7 nitrogen and oxygen atoms in total. The number of nitrogens with zero attached hydrogens (tertiary/aromatic N) is 2. The van der Waals surface area contributed by atoms with E-state index in [1.807, 2.05) is 41.8 Å². The minimum absolute atomic E-state index is 0.185. The summed E-state index contributed by atoms with van der Waals surface area (Å²) in [5.74, 6) is -0.266. The van der Waals surface area contributed by atoms with Gasteiger partial charge in [0, 0.05) is 17.8 Å². The topological polar surface area (TPSA) is 95.7 Å². The molecule has 1 aliphatic carbocycles. The van der Waals surface area contributed by atoms with Crippen LogP contribution in [0.3, 0.4) is 0 Å². The second kappa shape index (κ2) is 10.1. The fourth-order valence-electron chi connectivity index (χ4n) is 4.54. The molecule has 1 aromatic carbocycles. The minimum atomic E-state index is -0.962. The SMILES string of the molecule is CCc1nc2cc(C(=O)NC(CC(=O)O)c3ccc(C)cc3)ccn2c1NC1CCCCC1. The highest BCUT2D eigenvalue weighted by atomic mass is 16.4. The maximum absolute atomic E-state index is 13.0. The van der Waals surface area contributed by atoms with Crippen molar-refractivity contribution >= 4 is 23.3 Å². The first-order valence-corrected chi connectivity index (χ1v) is 11.8. The Morgan fingerprint density at radius 1 is 1.15 bits per heavy atom. The molecule has 33 heavy (non-hydrogen) atoms. The van der Waals surface area contributed by atoms with Gasteiger partial charge in [-0.05, 0) is 43.9 Å². The summed E-state index contributed by atoms with van der Waals surface area (Å²) in [5.41, 5.74) is 4.00. The molecule has 4 rings (SSSR count). The molecule has 0 saturated heterocycles. The number of carbonyl (C=O) groups is 2. The largest absolute Gasteiger partial charge is 0.481 e. The van der Waals surface area contributed by atoms with E-state index < -0.39 is 12.0 Å². The lowest BCUT2D eigenvalue weighted by atomic mass is 9.95. The minimum Gasteiger partial charge on any atom is -0.481 e. The van der Waals surface area contributed by atoms with E-state index in [0.29, 0.717) is 17.3 Å². The van der Waals surface area contributed by atoms with Crippen LogP contribution in [0, 0.1) is 6.92 Å². The average Bonchev–Trinajstić information content (AvgIpc) is 3.16. The van der Waals surface area contributed by atoms with Crippen molar-refractivity contribution in [2.75, 3.05) is 5.32 Å². The summed E-state index contributed by atoms with van der Waals surface area (Å²) in [6.45, 7) is 4.05. The number of pyridine rings is 1. The summed E-state index contributed by atoms with van der Waals surface area (Å²) in [4.78, 5) is 29.2. The van der Waals surface area contributed by atoms with Crippen molar-refractivity contribution in [3.05, 3.63) is 65.0 Å². The zero-order chi connectivity index (χ0) is 23.4. The molecule has 3 N–H and O–H groups in total. The van der Waals surface area contributed by atoms with Gasteiger partial charge in [0.2, 0.25) is 0 Å². The molecule has 1 fully saturated rings. The van der Waals surface area contributed by atoms with E-state index in [-0.39, 0.29) is 12.3 Å². The van der Waals surface area contributed by atoms with Gasteiger partial charge in [-0.1, -0.05) is 56.0 Å². The number of aromatic nitrogens is 2. The third-order valence-corrected chi connectivity index (χ3v) is 6.41. The number of aliphatic carboxylic acids is 1. The first-order valence-electron chi connectivity index (χ1n) is 11.8. The molecule has 0 aliphatic heterocycles. The number of carboxylic acids is 1. The zero-order valence-corrected chi connectivity index (χ0v) is 19.3. The van der Waals surface area contributed by atoms with Crippen LogP contribution in [0.1, 0.15) is 78.7 Å². The Labute approximate surface area is 194 Å². The predicted molar refractivity (Wildman–Crippen MR) is 129 cm³/mol. The van der Waals surface area contributed by atoms with Gasteiger partial charge < -0.3 is 15.7 Å². The fraction of sp³-hybridized carbons (Fsp3) is 0.423. The van der Waals surface area contributed by atoms with Crippen molar-refractivity contribution in [2.24, 2.45) is 0 Å². The van der Waals surface area contributed by atoms with Gasteiger partial charge in [0.25, 0.3) is 5.91 Å². The molecule has 2 heterocycles. The number of anilines is 1. The normalized spacial score (nSPS) is 15.3. The van der Waals surface area contributed by atoms with E-state index in [2.05, 4.69) is 17.6 Å². The Morgan fingerprint density at radius 2 is 1.88 bits per heavy atom. The lowest BCUT2D eigenvalue weighted by Gasteiger charge is -2.24. The van der Waals surface area contributed by atoms with Gasteiger partial charge >= 0.3 is 5.97 Å². The Hall–Kier alpha value is -3.35. The van der Waals surface area contributed by atoms with Gasteiger partial charge in [0.05, 0.1) is 18.2 Å². The first kappa shape index (κ1) is 22.8. The van der Waals surface area contributed by atoms with E-state index >= 15 is 0 Å². The van der Waals surface area contributed by atoms with Crippen LogP contribution < -0.4 is 10.6 Å². The first-order chi connectivity index (χ1) is 15.9. The summed E-state index contributed by atoms with van der Waals surface area (Å²) in [5, 5.41) is 15.9. The van der Waals surface area contributed by atoms with Crippen LogP contribution in [0.15, 0.2) is 42.6 Å². The van der Waals surface area contributed by atoms with E-state index in [4.69, 9.17) is 4.98 Å². The van der Waals surface area contributed by atoms with Crippen molar-refractivity contribution in [1.29, 1.82) is 0 Å². The summed E-state index contributed by atoms with van der Waals surface area (Å²) < 4.78 is 2.01. The Kier molecular flexibility index (Phi) is 6.96. The molecule has 0 spiro atoms. The molecule has 1 atom stereocenters. The molecule has 0 radical (unpaired) electrons. The van der Waals surface area contributed by atoms with Gasteiger partial charge in [0.15, 0.2) is 0 Å². The standard InChI is InChI=1S/C26H32N4O3/c1-3-21-25(27-20-7-5-4-6-8-20)30-14-13-19(15-23(30)28-21)26(33)29-22(16-24(31)32)18-11-9-17(2)10-12-18/h9-15,20,22,27H,3-8,16H2,1-2H3,(H,29,33)(H,31,32). The van der Waals surface area contributed by atoms with Crippen molar-refractivity contribution in [2.45, 2.75) is 70.9 Å². The van der Waals surface area contributed by atoms with Crippen LogP contribution >= 0.6 is 0 Å².